The van der Waals surface area contributed by atoms with Gasteiger partial charge in [-0.1, -0.05) is 18.2 Å². The van der Waals surface area contributed by atoms with Crippen LogP contribution in [0.5, 0.6) is 0 Å². The summed E-state index contributed by atoms with van der Waals surface area (Å²) in [5.41, 5.74) is 5.46. The minimum Gasteiger partial charge on any atom is -0.378 e. The molecule has 0 aliphatic carbocycles. The molecule has 2 heterocycles. The minimum atomic E-state index is 0.597. The predicted octanol–water partition coefficient (Wildman–Crippen LogP) is 3.79. The van der Waals surface area contributed by atoms with E-state index in [9.17, 15) is 0 Å². The largest absolute Gasteiger partial charge is 0.378 e. The Kier molecular flexibility index (Phi) is 6.03. The molecule has 6 nitrogen and oxygen atoms in total. The van der Waals surface area contributed by atoms with Crippen molar-refractivity contribution in [3.63, 3.8) is 0 Å². The fraction of sp³-hybridized carbons (Fsp3) is 0.304. The second kappa shape index (κ2) is 9.03. The molecule has 29 heavy (non-hydrogen) atoms. The summed E-state index contributed by atoms with van der Waals surface area (Å²) in [6, 6.07) is 18.8. The number of rotatable bonds is 6. The summed E-state index contributed by atoms with van der Waals surface area (Å²) in [4.78, 5) is 13.6. The van der Waals surface area contributed by atoms with Crippen molar-refractivity contribution in [2.75, 3.05) is 50.6 Å². The zero-order valence-corrected chi connectivity index (χ0v) is 17.0. The van der Waals surface area contributed by atoms with E-state index in [-0.39, 0.29) is 0 Å². The number of hydrogen-bond donors (Lipinski definition) is 1. The highest BCUT2D eigenvalue weighted by atomic mass is 16.5. The van der Waals surface area contributed by atoms with Gasteiger partial charge in [0.1, 0.15) is 0 Å². The quantitative estimate of drug-likeness (QED) is 0.692. The van der Waals surface area contributed by atoms with Crippen molar-refractivity contribution in [2.45, 2.75) is 6.54 Å². The third kappa shape index (κ3) is 5.10. The number of hydrogen-bond acceptors (Lipinski definition) is 6. The lowest BCUT2D eigenvalue weighted by molar-refractivity contribution is 0.122. The van der Waals surface area contributed by atoms with Crippen LogP contribution in [0.15, 0.2) is 60.8 Å². The van der Waals surface area contributed by atoms with Crippen molar-refractivity contribution >= 4 is 17.3 Å². The molecule has 1 fully saturated rings. The molecule has 6 heteroatoms. The summed E-state index contributed by atoms with van der Waals surface area (Å²) in [7, 11) is 4.15. The zero-order chi connectivity index (χ0) is 20.1. The zero-order valence-electron chi connectivity index (χ0n) is 17.0. The molecule has 0 radical (unpaired) electrons. The number of benzene rings is 2. The lowest BCUT2D eigenvalue weighted by Crippen LogP contribution is -2.36. The first-order chi connectivity index (χ1) is 14.2. The number of morpholine rings is 1. The molecule has 0 amide bonds. The number of anilines is 3. The Morgan fingerprint density at radius 1 is 1.03 bits per heavy atom. The van der Waals surface area contributed by atoms with Crippen molar-refractivity contribution in [1.82, 2.24) is 14.9 Å². The van der Waals surface area contributed by atoms with Crippen LogP contribution in [-0.4, -0.2) is 55.3 Å². The molecular formula is C23H27N5O. The lowest BCUT2D eigenvalue weighted by atomic mass is 10.1. The third-order valence-electron chi connectivity index (χ3n) is 4.88. The van der Waals surface area contributed by atoms with Gasteiger partial charge in [-0.15, -0.1) is 0 Å². The van der Waals surface area contributed by atoms with Gasteiger partial charge in [0.2, 0.25) is 5.95 Å². The van der Waals surface area contributed by atoms with Crippen LogP contribution in [0.2, 0.25) is 0 Å². The number of aromatic nitrogens is 2. The first kappa shape index (κ1) is 19.4. The molecule has 1 saturated heterocycles. The second-order valence-corrected chi connectivity index (χ2v) is 7.47. The van der Waals surface area contributed by atoms with Crippen molar-refractivity contribution < 1.29 is 4.74 Å². The van der Waals surface area contributed by atoms with Gasteiger partial charge in [0.15, 0.2) is 0 Å². The molecule has 0 unspecified atom stereocenters. The molecule has 1 aliphatic heterocycles. The second-order valence-electron chi connectivity index (χ2n) is 7.47. The molecule has 150 valence electrons. The predicted molar refractivity (Wildman–Crippen MR) is 118 cm³/mol. The fourth-order valence-electron chi connectivity index (χ4n) is 3.48. The van der Waals surface area contributed by atoms with Crippen molar-refractivity contribution in [1.29, 1.82) is 0 Å². The highest BCUT2D eigenvalue weighted by Crippen LogP contribution is 2.23. The molecule has 0 saturated carbocycles. The van der Waals surface area contributed by atoms with E-state index in [0.29, 0.717) is 5.95 Å². The maximum Gasteiger partial charge on any atom is 0.227 e. The van der Waals surface area contributed by atoms with Gasteiger partial charge in [-0.25, -0.2) is 9.97 Å². The van der Waals surface area contributed by atoms with Crippen LogP contribution < -0.4 is 10.2 Å². The van der Waals surface area contributed by atoms with Crippen LogP contribution in [0.25, 0.3) is 11.3 Å². The number of nitrogens with zero attached hydrogens (tertiary/aromatic N) is 4. The molecule has 0 spiro atoms. The van der Waals surface area contributed by atoms with Crippen LogP contribution >= 0.6 is 0 Å². The smallest absolute Gasteiger partial charge is 0.227 e. The van der Waals surface area contributed by atoms with Gasteiger partial charge >= 0.3 is 0 Å². The van der Waals surface area contributed by atoms with Crippen molar-refractivity contribution in [3.8, 4) is 11.3 Å². The average Bonchev–Trinajstić information content (AvgIpc) is 2.75. The van der Waals surface area contributed by atoms with Crippen LogP contribution in [0.3, 0.4) is 0 Å². The van der Waals surface area contributed by atoms with Crippen LogP contribution in [0.1, 0.15) is 5.56 Å². The van der Waals surface area contributed by atoms with E-state index in [1.807, 2.05) is 6.07 Å². The Balaban J connectivity index is 1.48. The molecule has 0 bridgehead atoms. The van der Waals surface area contributed by atoms with Gasteiger partial charge in [-0.2, -0.15) is 0 Å². The van der Waals surface area contributed by atoms with E-state index in [0.717, 1.165) is 49.8 Å². The molecule has 0 atom stereocenters. The normalized spacial score (nSPS) is 14.2. The topological polar surface area (TPSA) is 53.5 Å². The summed E-state index contributed by atoms with van der Waals surface area (Å²) < 4.78 is 5.42. The molecule has 4 rings (SSSR count). The summed E-state index contributed by atoms with van der Waals surface area (Å²) in [6.45, 7) is 4.35. The molecular weight excluding hydrogens is 362 g/mol. The van der Waals surface area contributed by atoms with E-state index in [4.69, 9.17) is 9.72 Å². The summed E-state index contributed by atoms with van der Waals surface area (Å²) >= 11 is 0. The summed E-state index contributed by atoms with van der Waals surface area (Å²) in [6.07, 6.45) is 1.80. The van der Waals surface area contributed by atoms with Crippen molar-refractivity contribution in [2.24, 2.45) is 0 Å². The fourth-order valence-corrected chi connectivity index (χ4v) is 3.48. The maximum atomic E-state index is 5.42. The Bertz CT molecular complexity index is 936. The van der Waals surface area contributed by atoms with E-state index < -0.39 is 0 Å². The third-order valence-corrected chi connectivity index (χ3v) is 4.88. The molecule has 3 aromatic rings. The number of nitrogens with one attached hydrogen (secondary N) is 1. The van der Waals surface area contributed by atoms with Gasteiger partial charge in [0.05, 0.1) is 18.9 Å². The first-order valence-electron chi connectivity index (χ1n) is 9.94. The summed E-state index contributed by atoms with van der Waals surface area (Å²) in [5.74, 6) is 0.597. The van der Waals surface area contributed by atoms with Gasteiger partial charge in [-0.05, 0) is 56.1 Å². The first-order valence-corrected chi connectivity index (χ1v) is 9.94. The van der Waals surface area contributed by atoms with Crippen LogP contribution in [0, 0.1) is 0 Å². The SMILES string of the molecule is CN(C)Cc1cccc(-c2ccnc(Nc3ccc(N4CCOCC4)cc3)n2)c1. The number of ether oxygens (including phenoxy) is 1. The Morgan fingerprint density at radius 3 is 2.59 bits per heavy atom. The van der Waals surface area contributed by atoms with Crippen LogP contribution in [0.4, 0.5) is 17.3 Å². The minimum absolute atomic E-state index is 0.597. The molecule has 1 N–H and O–H groups in total. The molecule has 2 aromatic carbocycles. The van der Waals surface area contributed by atoms with E-state index in [1.165, 1.54) is 11.3 Å². The average molecular weight is 390 g/mol. The Labute approximate surface area is 172 Å². The highest BCUT2D eigenvalue weighted by Gasteiger charge is 2.11. The summed E-state index contributed by atoms with van der Waals surface area (Å²) in [5, 5.41) is 3.32. The van der Waals surface area contributed by atoms with E-state index in [1.54, 1.807) is 6.20 Å². The van der Waals surface area contributed by atoms with Gasteiger partial charge in [0.25, 0.3) is 0 Å². The van der Waals surface area contributed by atoms with E-state index in [2.05, 4.69) is 82.7 Å². The Hall–Kier alpha value is -2.96. The molecule has 1 aromatic heterocycles. The maximum absolute atomic E-state index is 5.42. The van der Waals surface area contributed by atoms with Crippen LogP contribution in [-0.2, 0) is 11.3 Å². The van der Waals surface area contributed by atoms with E-state index >= 15 is 0 Å². The monoisotopic (exact) mass is 389 g/mol. The molecule has 1 aliphatic rings. The van der Waals surface area contributed by atoms with Gasteiger partial charge in [0, 0.05) is 42.8 Å². The van der Waals surface area contributed by atoms with Gasteiger partial charge in [-0.3, -0.25) is 0 Å². The highest BCUT2D eigenvalue weighted by molar-refractivity contribution is 5.64. The lowest BCUT2D eigenvalue weighted by Gasteiger charge is -2.28. The Morgan fingerprint density at radius 2 is 1.83 bits per heavy atom. The van der Waals surface area contributed by atoms with Gasteiger partial charge < -0.3 is 19.9 Å². The van der Waals surface area contributed by atoms with Crippen molar-refractivity contribution in [3.05, 3.63) is 66.4 Å². The standard InChI is InChI=1S/C23H27N5O/c1-27(2)17-18-4-3-5-19(16-18)22-10-11-24-23(26-22)25-20-6-8-21(9-7-20)28-12-14-29-15-13-28/h3-11,16H,12-15,17H2,1-2H3,(H,24,25,26).